The van der Waals surface area contributed by atoms with Crippen molar-refractivity contribution in [3.05, 3.63) is 53.6 Å². The van der Waals surface area contributed by atoms with Gasteiger partial charge in [-0.25, -0.2) is 5.43 Å². The van der Waals surface area contributed by atoms with Crippen LogP contribution in [-0.2, 0) is 9.59 Å². The Labute approximate surface area is 145 Å². The molecular formula is C18H19N3O4. The number of ether oxygens (including phenoxy) is 2. The molecule has 25 heavy (non-hydrogen) atoms. The number of hydrogen-bond donors (Lipinski definition) is 2. The second-order valence-corrected chi connectivity index (χ2v) is 5.13. The molecule has 0 atom stereocenters. The van der Waals surface area contributed by atoms with Crippen molar-refractivity contribution >= 4 is 23.7 Å². The van der Waals surface area contributed by atoms with E-state index < -0.39 is 11.8 Å². The van der Waals surface area contributed by atoms with Gasteiger partial charge in [-0.05, 0) is 31.2 Å². The van der Waals surface area contributed by atoms with E-state index in [4.69, 9.17) is 9.47 Å². The highest BCUT2D eigenvalue weighted by atomic mass is 16.5. The minimum absolute atomic E-state index is 0.529. The predicted molar refractivity (Wildman–Crippen MR) is 95.1 cm³/mol. The van der Waals surface area contributed by atoms with E-state index in [9.17, 15) is 9.59 Å². The van der Waals surface area contributed by atoms with Gasteiger partial charge >= 0.3 is 11.8 Å². The van der Waals surface area contributed by atoms with E-state index in [1.54, 1.807) is 37.4 Å². The number of hydrazone groups is 1. The molecule has 0 aliphatic heterocycles. The number of hydrogen-bond acceptors (Lipinski definition) is 5. The Hall–Kier alpha value is -3.35. The minimum atomic E-state index is -0.871. The molecule has 0 unspecified atom stereocenters. The van der Waals surface area contributed by atoms with Crippen LogP contribution in [0.5, 0.6) is 11.5 Å². The molecule has 130 valence electrons. The van der Waals surface area contributed by atoms with Gasteiger partial charge < -0.3 is 14.8 Å². The summed E-state index contributed by atoms with van der Waals surface area (Å²) in [6.45, 7) is 1.93. The molecule has 2 aromatic carbocycles. The van der Waals surface area contributed by atoms with Gasteiger partial charge in [0.15, 0.2) is 0 Å². The third-order valence-corrected chi connectivity index (χ3v) is 3.33. The Morgan fingerprint density at radius 2 is 1.72 bits per heavy atom. The van der Waals surface area contributed by atoms with Gasteiger partial charge in [0.25, 0.3) is 0 Å². The van der Waals surface area contributed by atoms with E-state index in [0.717, 1.165) is 5.56 Å². The van der Waals surface area contributed by atoms with Crippen LogP contribution in [0.3, 0.4) is 0 Å². The first-order valence-electron chi connectivity index (χ1n) is 7.46. The molecule has 0 radical (unpaired) electrons. The highest BCUT2D eigenvalue weighted by molar-refractivity contribution is 6.39. The Bertz CT molecular complexity index is 785. The van der Waals surface area contributed by atoms with Crippen molar-refractivity contribution in [2.24, 2.45) is 5.10 Å². The van der Waals surface area contributed by atoms with Crippen LogP contribution in [0.2, 0.25) is 0 Å². The van der Waals surface area contributed by atoms with Crippen LogP contribution in [-0.4, -0.2) is 32.2 Å². The van der Waals surface area contributed by atoms with E-state index in [2.05, 4.69) is 15.8 Å². The highest BCUT2D eigenvalue weighted by Crippen LogP contribution is 2.22. The van der Waals surface area contributed by atoms with Crippen molar-refractivity contribution in [2.45, 2.75) is 6.92 Å². The van der Waals surface area contributed by atoms with Gasteiger partial charge in [0.05, 0.1) is 20.4 Å². The van der Waals surface area contributed by atoms with Crippen molar-refractivity contribution < 1.29 is 19.1 Å². The Morgan fingerprint density at radius 3 is 2.36 bits per heavy atom. The van der Waals surface area contributed by atoms with Crippen LogP contribution < -0.4 is 20.2 Å². The fourth-order valence-electron chi connectivity index (χ4n) is 1.96. The maximum Gasteiger partial charge on any atom is 0.329 e. The Balaban J connectivity index is 1.95. The molecule has 2 amide bonds. The number of benzene rings is 2. The van der Waals surface area contributed by atoms with E-state index >= 15 is 0 Å². The number of aryl methyl sites for hydroxylation is 1. The molecular weight excluding hydrogens is 322 g/mol. The lowest BCUT2D eigenvalue weighted by molar-refractivity contribution is -0.136. The van der Waals surface area contributed by atoms with Crippen molar-refractivity contribution in [1.82, 2.24) is 5.43 Å². The lowest BCUT2D eigenvalue weighted by Crippen LogP contribution is -2.32. The summed E-state index contributed by atoms with van der Waals surface area (Å²) in [7, 11) is 3.06. The monoisotopic (exact) mass is 341 g/mol. The summed E-state index contributed by atoms with van der Waals surface area (Å²) in [5, 5.41) is 6.27. The van der Waals surface area contributed by atoms with Crippen LogP contribution in [0.4, 0.5) is 5.69 Å². The zero-order chi connectivity index (χ0) is 18.2. The molecule has 2 aromatic rings. The molecule has 0 aliphatic carbocycles. The second kappa shape index (κ2) is 8.49. The molecule has 2 N–H and O–H groups in total. The van der Waals surface area contributed by atoms with E-state index in [0.29, 0.717) is 22.7 Å². The number of amides is 2. The summed E-state index contributed by atoms with van der Waals surface area (Å²) < 4.78 is 10.3. The molecule has 0 fully saturated rings. The first-order valence-corrected chi connectivity index (χ1v) is 7.46. The Kier molecular flexibility index (Phi) is 6.11. The SMILES string of the molecule is COc1ccc(C=NNC(=O)C(=O)Nc2ccc(C)cc2)c(OC)c1. The number of rotatable bonds is 5. The molecule has 7 heteroatoms. The van der Waals surface area contributed by atoms with E-state index in [-0.39, 0.29) is 0 Å². The number of anilines is 1. The first-order chi connectivity index (χ1) is 12.0. The van der Waals surface area contributed by atoms with Crippen molar-refractivity contribution in [3.63, 3.8) is 0 Å². The largest absolute Gasteiger partial charge is 0.497 e. The summed E-state index contributed by atoms with van der Waals surface area (Å²) >= 11 is 0. The molecule has 0 saturated carbocycles. The van der Waals surface area contributed by atoms with Gasteiger partial charge in [0.1, 0.15) is 11.5 Å². The van der Waals surface area contributed by atoms with Crippen LogP contribution in [0.25, 0.3) is 0 Å². The fraction of sp³-hybridized carbons (Fsp3) is 0.167. The molecule has 0 bridgehead atoms. The number of methoxy groups -OCH3 is 2. The van der Waals surface area contributed by atoms with Gasteiger partial charge in [-0.3, -0.25) is 9.59 Å². The zero-order valence-corrected chi connectivity index (χ0v) is 14.2. The quantitative estimate of drug-likeness (QED) is 0.495. The summed E-state index contributed by atoms with van der Waals surface area (Å²) in [5.41, 5.74) is 4.39. The molecule has 0 saturated heterocycles. The molecule has 0 spiro atoms. The number of carbonyl (C=O) groups excluding carboxylic acids is 2. The standard InChI is InChI=1S/C18H19N3O4/c1-12-4-7-14(8-5-12)20-17(22)18(23)21-19-11-13-6-9-15(24-2)10-16(13)25-3/h4-11H,1-3H3,(H,20,22)(H,21,23). The normalized spacial score (nSPS) is 10.4. The average Bonchev–Trinajstić information content (AvgIpc) is 2.63. The summed E-state index contributed by atoms with van der Waals surface area (Å²) in [5.74, 6) is -0.510. The average molecular weight is 341 g/mol. The van der Waals surface area contributed by atoms with Crippen LogP contribution in [0.1, 0.15) is 11.1 Å². The predicted octanol–water partition coefficient (Wildman–Crippen LogP) is 2.10. The van der Waals surface area contributed by atoms with Gasteiger partial charge in [-0.15, -0.1) is 0 Å². The van der Waals surface area contributed by atoms with Crippen LogP contribution in [0.15, 0.2) is 47.6 Å². The Morgan fingerprint density at radius 1 is 1.00 bits per heavy atom. The van der Waals surface area contributed by atoms with Gasteiger partial charge in [-0.1, -0.05) is 17.7 Å². The molecule has 7 nitrogen and oxygen atoms in total. The minimum Gasteiger partial charge on any atom is -0.497 e. The van der Waals surface area contributed by atoms with Crippen LogP contribution in [0, 0.1) is 6.92 Å². The molecule has 0 heterocycles. The van der Waals surface area contributed by atoms with Crippen molar-refractivity contribution in [1.29, 1.82) is 0 Å². The van der Waals surface area contributed by atoms with Gasteiger partial charge in [-0.2, -0.15) is 5.10 Å². The molecule has 0 aliphatic rings. The smallest absolute Gasteiger partial charge is 0.329 e. The molecule has 2 rings (SSSR count). The third-order valence-electron chi connectivity index (χ3n) is 3.33. The van der Waals surface area contributed by atoms with Gasteiger partial charge in [0.2, 0.25) is 0 Å². The van der Waals surface area contributed by atoms with Gasteiger partial charge in [0, 0.05) is 17.3 Å². The number of nitrogens with zero attached hydrogens (tertiary/aromatic N) is 1. The van der Waals surface area contributed by atoms with E-state index in [1.165, 1.54) is 13.3 Å². The van der Waals surface area contributed by atoms with E-state index in [1.807, 2.05) is 19.1 Å². The maximum absolute atomic E-state index is 11.8. The third kappa shape index (κ3) is 5.07. The number of carbonyl (C=O) groups is 2. The summed E-state index contributed by atoms with van der Waals surface area (Å²) in [6.07, 6.45) is 1.38. The number of nitrogens with one attached hydrogen (secondary N) is 2. The fourth-order valence-corrected chi connectivity index (χ4v) is 1.96. The summed E-state index contributed by atoms with van der Waals surface area (Å²) in [6, 6.07) is 12.2. The highest BCUT2D eigenvalue weighted by Gasteiger charge is 2.12. The molecule has 0 aromatic heterocycles. The lowest BCUT2D eigenvalue weighted by atomic mass is 10.2. The second-order valence-electron chi connectivity index (χ2n) is 5.13. The first kappa shape index (κ1) is 18.0. The van der Waals surface area contributed by atoms with Crippen LogP contribution >= 0.6 is 0 Å². The van der Waals surface area contributed by atoms with Crippen molar-refractivity contribution in [3.8, 4) is 11.5 Å². The summed E-state index contributed by atoms with van der Waals surface area (Å²) in [4.78, 5) is 23.6. The lowest BCUT2D eigenvalue weighted by Gasteiger charge is -2.07. The van der Waals surface area contributed by atoms with Crippen molar-refractivity contribution in [2.75, 3.05) is 19.5 Å². The topological polar surface area (TPSA) is 89.0 Å². The zero-order valence-electron chi connectivity index (χ0n) is 14.2. The maximum atomic E-state index is 11.8.